The first-order valence-electron chi connectivity index (χ1n) is 5.85. The van der Waals surface area contributed by atoms with Crippen LogP contribution in [0.15, 0.2) is 0 Å². The minimum atomic E-state index is 0.888. The molecule has 0 heterocycles. The van der Waals surface area contributed by atoms with Crippen LogP contribution in [0.25, 0.3) is 0 Å². The van der Waals surface area contributed by atoms with Crippen LogP contribution in [0.4, 0.5) is 0 Å². The van der Waals surface area contributed by atoms with Crippen molar-refractivity contribution in [3.05, 3.63) is 0 Å². The molecule has 0 saturated carbocycles. The largest absolute Gasteiger partial charge is 0.320 e. The summed E-state index contributed by atoms with van der Waals surface area (Å²) in [6, 6.07) is 0. The van der Waals surface area contributed by atoms with E-state index in [2.05, 4.69) is 26.1 Å². The molecule has 0 aromatic heterocycles. The number of unbranched alkanes of at least 4 members (excludes halogenated alkanes) is 1. The summed E-state index contributed by atoms with van der Waals surface area (Å²) in [5, 5.41) is 3.22. The van der Waals surface area contributed by atoms with Crippen LogP contribution in [0, 0.1) is 11.8 Å². The summed E-state index contributed by atoms with van der Waals surface area (Å²) in [5.41, 5.74) is 0. The standard InChI is InChI=1S/C12H27N/c1-5-6-7-11(2)10-12(3)8-9-13-4/h11-13H,5-10H2,1-4H3/t11-,12?/m0/s1. The van der Waals surface area contributed by atoms with Gasteiger partial charge in [0.1, 0.15) is 0 Å². The molecular weight excluding hydrogens is 158 g/mol. The van der Waals surface area contributed by atoms with Crippen molar-refractivity contribution in [3.8, 4) is 0 Å². The van der Waals surface area contributed by atoms with Crippen LogP contribution in [-0.2, 0) is 0 Å². The van der Waals surface area contributed by atoms with Gasteiger partial charge in [0.2, 0.25) is 0 Å². The lowest BCUT2D eigenvalue weighted by molar-refractivity contribution is 0.368. The van der Waals surface area contributed by atoms with Crippen molar-refractivity contribution in [1.29, 1.82) is 0 Å². The third-order valence-corrected chi connectivity index (χ3v) is 2.74. The van der Waals surface area contributed by atoms with Crippen molar-refractivity contribution < 1.29 is 0 Å². The molecule has 0 spiro atoms. The monoisotopic (exact) mass is 185 g/mol. The minimum absolute atomic E-state index is 0.888. The summed E-state index contributed by atoms with van der Waals surface area (Å²) in [4.78, 5) is 0. The third-order valence-electron chi connectivity index (χ3n) is 2.74. The number of hydrogen-bond donors (Lipinski definition) is 1. The van der Waals surface area contributed by atoms with E-state index in [0.29, 0.717) is 0 Å². The van der Waals surface area contributed by atoms with Crippen LogP contribution in [-0.4, -0.2) is 13.6 Å². The Bertz CT molecular complexity index is 89.3. The fourth-order valence-electron chi connectivity index (χ4n) is 1.87. The molecule has 0 aliphatic heterocycles. The van der Waals surface area contributed by atoms with Crippen molar-refractivity contribution in [2.24, 2.45) is 11.8 Å². The van der Waals surface area contributed by atoms with E-state index >= 15 is 0 Å². The van der Waals surface area contributed by atoms with Crippen LogP contribution in [0.3, 0.4) is 0 Å². The van der Waals surface area contributed by atoms with Crippen molar-refractivity contribution >= 4 is 0 Å². The molecule has 80 valence electrons. The van der Waals surface area contributed by atoms with Gasteiger partial charge in [0.05, 0.1) is 0 Å². The Kier molecular flexibility index (Phi) is 8.53. The van der Waals surface area contributed by atoms with E-state index in [-0.39, 0.29) is 0 Å². The average Bonchev–Trinajstić information content (AvgIpc) is 2.11. The quantitative estimate of drug-likeness (QED) is 0.611. The highest BCUT2D eigenvalue weighted by atomic mass is 14.8. The smallest absolute Gasteiger partial charge is 0.00494 e. The van der Waals surface area contributed by atoms with Gasteiger partial charge < -0.3 is 5.32 Å². The third kappa shape index (κ3) is 8.29. The fraction of sp³-hybridized carbons (Fsp3) is 1.00. The molecular formula is C12H27N. The van der Waals surface area contributed by atoms with Gasteiger partial charge >= 0.3 is 0 Å². The van der Waals surface area contributed by atoms with Crippen molar-refractivity contribution in [2.75, 3.05) is 13.6 Å². The Morgan fingerprint density at radius 3 is 2.23 bits per heavy atom. The topological polar surface area (TPSA) is 12.0 Å². The Morgan fingerprint density at radius 1 is 1.08 bits per heavy atom. The zero-order valence-electron chi connectivity index (χ0n) is 9.90. The zero-order chi connectivity index (χ0) is 10.1. The van der Waals surface area contributed by atoms with Crippen molar-refractivity contribution in [3.63, 3.8) is 0 Å². The first kappa shape index (κ1) is 13.0. The molecule has 0 aliphatic rings. The summed E-state index contributed by atoms with van der Waals surface area (Å²) >= 11 is 0. The highest BCUT2D eigenvalue weighted by Gasteiger charge is 2.07. The lowest BCUT2D eigenvalue weighted by Crippen LogP contribution is -2.13. The van der Waals surface area contributed by atoms with Gasteiger partial charge in [-0.2, -0.15) is 0 Å². The van der Waals surface area contributed by atoms with E-state index in [4.69, 9.17) is 0 Å². The second kappa shape index (κ2) is 8.55. The molecule has 0 amide bonds. The first-order chi connectivity index (χ1) is 6.20. The fourth-order valence-corrected chi connectivity index (χ4v) is 1.87. The summed E-state index contributed by atoms with van der Waals surface area (Å²) < 4.78 is 0. The van der Waals surface area contributed by atoms with Crippen molar-refractivity contribution in [1.82, 2.24) is 5.32 Å². The molecule has 1 heteroatoms. The molecule has 0 bridgehead atoms. The highest BCUT2D eigenvalue weighted by Crippen LogP contribution is 2.19. The molecule has 0 aliphatic carbocycles. The van der Waals surface area contributed by atoms with Gasteiger partial charge in [0.25, 0.3) is 0 Å². The Labute approximate surface area is 84.3 Å². The van der Waals surface area contributed by atoms with Gasteiger partial charge in [-0.05, 0) is 38.3 Å². The van der Waals surface area contributed by atoms with Crippen LogP contribution in [0.2, 0.25) is 0 Å². The van der Waals surface area contributed by atoms with Crippen LogP contribution < -0.4 is 5.32 Å². The minimum Gasteiger partial charge on any atom is -0.320 e. The molecule has 0 saturated heterocycles. The maximum absolute atomic E-state index is 3.22. The van der Waals surface area contributed by atoms with E-state index in [1.165, 1.54) is 38.6 Å². The van der Waals surface area contributed by atoms with E-state index in [1.807, 2.05) is 7.05 Å². The highest BCUT2D eigenvalue weighted by molar-refractivity contribution is 4.60. The van der Waals surface area contributed by atoms with Gasteiger partial charge in [0, 0.05) is 0 Å². The maximum atomic E-state index is 3.22. The molecule has 1 N–H and O–H groups in total. The molecule has 1 nitrogen and oxygen atoms in total. The first-order valence-corrected chi connectivity index (χ1v) is 5.85. The number of rotatable bonds is 8. The Morgan fingerprint density at radius 2 is 1.69 bits per heavy atom. The lowest BCUT2D eigenvalue weighted by atomic mass is 9.91. The normalized spacial score (nSPS) is 15.7. The van der Waals surface area contributed by atoms with E-state index in [0.717, 1.165) is 11.8 Å². The second-order valence-electron chi connectivity index (χ2n) is 4.48. The molecule has 0 radical (unpaired) electrons. The lowest BCUT2D eigenvalue weighted by Gasteiger charge is -2.16. The molecule has 0 fully saturated rings. The summed E-state index contributed by atoms with van der Waals surface area (Å²) in [5.74, 6) is 1.81. The second-order valence-corrected chi connectivity index (χ2v) is 4.48. The van der Waals surface area contributed by atoms with Crippen molar-refractivity contribution in [2.45, 2.75) is 52.9 Å². The summed E-state index contributed by atoms with van der Waals surface area (Å²) in [6.45, 7) is 8.21. The van der Waals surface area contributed by atoms with E-state index in [9.17, 15) is 0 Å². The van der Waals surface area contributed by atoms with Gasteiger partial charge in [-0.25, -0.2) is 0 Å². The predicted molar refractivity (Wildman–Crippen MR) is 61.0 cm³/mol. The summed E-state index contributed by atoms with van der Waals surface area (Å²) in [6.07, 6.45) is 6.89. The Hall–Kier alpha value is -0.0400. The molecule has 0 aromatic rings. The van der Waals surface area contributed by atoms with Gasteiger partial charge in [0.15, 0.2) is 0 Å². The Balaban J connectivity index is 3.35. The maximum Gasteiger partial charge on any atom is -0.00494 e. The molecule has 2 atom stereocenters. The van der Waals surface area contributed by atoms with E-state index in [1.54, 1.807) is 0 Å². The van der Waals surface area contributed by atoms with Gasteiger partial charge in [-0.1, -0.05) is 40.0 Å². The number of hydrogen-bond acceptors (Lipinski definition) is 1. The molecule has 0 aromatic carbocycles. The zero-order valence-corrected chi connectivity index (χ0v) is 9.90. The SMILES string of the molecule is CCCC[C@H](C)CC(C)CCNC. The summed E-state index contributed by atoms with van der Waals surface area (Å²) in [7, 11) is 2.03. The predicted octanol–water partition coefficient (Wildman–Crippen LogP) is 3.45. The van der Waals surface area contributed by atoms with E-state index < -0.39 is 0 Å². The van der Waals surface area contributed by atoms with Crippen LogP contribution in [0.1, 0.15) is 52.9 Å². The molecule has 1 unspecified atom stereocenters. The van der Waals surface area contributed by atoms with Gasteiger partial charge in [-0.3, -0.25) is 0 Å². The molecule has 0 rings (SSSR count). The van der Waals surface area contributed by atoms with Crippen LogP contribution in [0.5, 0.6) is 0 Å². The molecule has 13 heavy (non-hydrogen) atoms. The van der Waals surface area contributed by atoms with Crippen LogP contribution >= 0.6 is 0 Å². The average molecular weight is 185 g/mol. The van der Waals surface area contributed by atoms with Gasteiger partial charge in [-0.15, -0.1) is 0 Å². The number of nitrogens with one attached hydrogen (secondary N) is 1.